The summed E-state index contributed by atoms with van der Waals surface area (Å²) >= 11 is 0. The number of rotatable bonds is 6. The quantitative estimate of drug-likeness (QED) is 0.677. The number of amides is 1. The Morgan fingerprint density at radius 2 is 1.65 bits per heavy atom. The summed E-state index contributed by atoms with van der Waals surface area (Å²) in [6.07, 6.45) is 2.77. The zero-order valence-corrected chi connectivity index (χ0v) is 18.4. The van der Waals surface area contributed by atoms with Gasteiger partial charge in [-0.05, 0) is 48.6 Å². The van der Waals surface area contributed by atoms with Crippen molar-refractivity contribution in [3.63, 3.8) is 0 Å². The van der Waals surface area contributed by atoms with Crippen molar-refractivity contribution < 1.29 is 9.59 Å². The first-order valence-electron chi connectivity index (χ1n) is 11.6. The van der Waals surface area contributed by atoms with Crippen molar-refractivity contribution in [1.82, 2.24) is 9.80 Å². The molecule has 0 radical (unpaired) electrons. The second-order valence-corrected chi connectivity index (χ2v) is 9.22. The molecule has 5 heteroatoms. The fourth-order valence-electron chi connectivity index (χ4n) is 5.26. The highest BCUT2D eigenvalue weighted by Gasteiger charge is 2.32. The van der Waals surface area contributed by atoms with E-state index in [1.807, 2.05) is 17.0 Å². The number of anilines is 1. The van der Waals surface area contributed by atoms with Crippen LogP contribution in [0.5, 0.6) is 0 Å². The number of nitrogens with zero attached hydrogens (tertiary/aromatic N) is 3. The Kier molecular flexibility index (Phi) is 5.63. The number of hydrogen-bond acceptors (Lipinski definition) is 4. The number of piperazine rings is 1. The average Bonchev–Trinajstić information content (AvgIpc) is 3.21. The molecule has 2 aromatic rings. The third kappa shape index (κ3) is 4.30. The Morgan fingerprint density at radius 1 is 0.903 bits per heavy atom. The topological polar surface area (TPSA) is 43.9 Å². The summed E-state index contributed by atoms with van der Waals surface area (Å²) in [6.45, 7) is 8.89. The van der Waals surface area contributed by atoms with Crippen molar-refractivity contribution >= 4 is 17.4 Å². The Bertz CT molecular complexity index is 1010. The van der Waals surface area contributed by atoms with E-state index in [1.165, 1.54) is 22.3 Å². The van der Waals surface area contributed by atoms with Gasteiger partial charge < -0.3 is 9.80 Å². The minimum atomic E-state index is 0.229. The van der Waals surface area contributed by atoms with Crippen LogP contribution in [0.25, 0.3) is 0 Å². The average molecular weight is 418 g/mol. The van der Waals surface area contributed by atoms with E-state index in [2.05, 4.69) is 41.0 Å². The fraction of sp³-hybridized carbons (Fsp3) is 0.462. The van der Waals surface area contributed by atoms with Gasteiger partial charge in [0.05, 0.1) is 5.69 Å². The predicted molar refractivity (Wildman–Crippen MR) is 123 cm³/mol. The monoisotopic (exact) mass is 417 g/mol. The second kappa shape index (κ2) is 8.56. The van der Waals surface area contributed by atoms with Gasteiger partial charge in [0.25, 0.3) is 0 Å². The van der Waals surface area contributed by atoms with E-state index >= 15 is 0 Å². The number of benzene rings is 2. The van der Waals surface area contributed by atoms with E-state index in [0.29, 0.717) is 12.8 Å². The van der Waals surface area contributed by atoms with Gasteiger partial charge in [-0.2, -0.15) is 0 Å². The van der Waals surface area contributed by atoms with Crippen molar-refractivity contribution in [2.75, 3.05) is 44.2 Å². The van der Waals surface area contributed by atoms with Gasteiger partial charge in [0.2, 0.25) is 5.91 Å². The van der Waals surface area contributed by atoms with Crippen molar-refractivity contribution in [1.29, 1.82) is 0 Å². The van der Waals surface area contributed by atoms with Gasteiger partial charge in [0.15, 0.2) is 5.78 Å². The third-order valence-corrected chi connectivity index (χ3v) is 6.98. The number of carbonyl (C=O) groups excluding carboxylic acids is 2. The number of ketones is 1. The summed E-state index contributed by atoms with van der Waals surface area (Å²) in [5.74, 6) is 0.462. The second-order valence-electron chi connectivity index (χ2n) is 9.22. The molecule has 0 spiro atoms. The lowest BCUT2D eigenvalue weighted by Gasteiger charge is -2.34. The lowest BCUT2D eigenvalue weighted by Crippen LogP contribution is -2.46. The number of hydrogen-bond donors (Lipinski definition) is 0. The molecule has 5 nitrogen and oxygen atoms in total. The maximum Gasteiger partial charge on any atom is 0.227 e. The first-order chi connectivity index (χ1) is 15.1. The van der Waals surface area contributed by atoms with Crippen molar-refractivity contribution in [2.45, 2.75) is 39.2 Å². The maximum absolute atomic E-state index is 12.9. The van der Waals surface area contributed by atoms with E-state index in [4.69, 9.17) is 0 Å². The standard InChI is InChI=1S/C26H31N3O2/c1-19-3-2-4-20(15-19)18-28-13-11-27(12-14-28)9-8-24(30)23-16-21-5-6-25(31)29-10-7-22(17-23)26(21)29/h2-4,15-17H,5-14,18H2,1H3. The molecule has 31 heavy (non-hydrogen) atoms. The Morgan fingerprint density at radius 3 is 2.42 bits per heavy atom. The van der Waals surface area contributed by atoms with Crippen molar-refractivity contribution in [3.05, 3.63) is 64.2 Å². The molecule has 2 aromatic carbocycles. The molecule has 0 aromatic heterocycles. The van der Waals surface area contributed by atoms with Crippen LogP contribution in [0.4, 0.5) is 5.69 Å². The van der Waals surface area contributed by atoms with E-state index in [9.17, 15) is 9.59 Å². The van der Waals surface area contributed by atoms with Crippen LogP contribution in [0.15, 0.2) is 36.4 Å². The highest BCUT2D eigenvalue weighted by atomic mass is 16.2. The van der Waals surface area contributed by atoms with Gasteiger partial charge >= 0.3 is 0 Å². The molecule has 0 N–H and O–H groups in total. The molecule has 0 saturated carbocycles. The molecule has 3 heterocycles. The van der Waals surface area contributed by atoms with Gasteiger partial charge in [0, 0.05) is 64.2 Å². The van der Waals surface area contributed by atoms with Gasteiger partial charge in [0.1, 0.15) is 0 Å². The summed E-state index contributed by atoms with van der Waals surface area (Å²) in [5, 5.41) is 0. The SMILES string of the molecule is Cc1cccc(CN2CCN(CCC(=O)c3cc4c5c(c3)CCN5C(=O)CC4)CC2)c1. The maximum atomic E-state index is 12.9. The summed E-state index contributed by atoms with van der Waals surface area (Å²) in [4.78, 5) is 31.9. The largest absolute Gasteiger partial charge is 0.312 e. The summed E-state index contributed by atoms with van der Waals surface area (Å²) in [5.41, 5.74) is 6.99. The molecule has 162 valence electrons. The summed E-state index contributed by atoms with van der Waals surface area (Å²) in [6, 6.07) is 12.8. The first-order valence-corrected chi connectivity index (χ1v) is 11.6. The van der Waals surface area contributed by atoms with E-state index in [1.54, 1.807) is 0 Å². The molecule has 5 rings (SSSR count). The Hall–Kier alpha value is -2.50. The zero-order valence-electron chi connectivity index (χ0n) is 18.4. The lowest BCUT2D eigenvalue weighted by molar-refractivity contribution is -0.118. The number of aryl methyl sites for hydroxylation is 2. The van der Waals surface area contributed by atoms with Crippen LogP contribution < -0.4 is 4.90 Å². The van der Waals surface area contributed by atoms with Gasteiger partial charge in [-0.1, -0.05) is 29.8 Å². The first kappa shape index (κ1) is 20.4. The van der Waals surface area contributed by atoms with Gasteiger partial charge in [-0.3, -0.25) is 14.5 Å². The Labute approximate surface area is 184 Å². The highest BCUT2D eigenvalue weighted by Crippen LogP contribution is 2.37. The molecule has 3 aliphatic rings. The summed E-state index contributed by atoms with van der Waals surface area (Å²) in [7, 11) is 0. The lowest BCUT2D eigenvalue weighted by atomic mass is 9.94. The van der Waals surface area contributed by atoms with E-state index in [0.717, 1.165) is 69.9 Å². The minimum absolute atomic E-state index is 0.229. The smallest absolute Gasteiger partial charge is 0.227 e. The van der Waals surface area contributed by atoms with Crippen LogP contribution in [-0.2, 0) is 24.2 Å². The van der Waals surface area contributed by atoms with Gasteiger partial charge in [-0.15, -0.1) is 0 Å². The molecule has 3 aliphatic heterocycles. The van der Waals surface area contributed by atoms with E-state index < -0.39 is 0 Å². The zero-order chi connectivity index (χ0) is 21.4. The van der Waals surface area contributed by atoms with Crippen LogP contribution in [0.1, 0.15) is 45.5 Å². The molecule has 1 saturated heterocycles. The fourth-order valence-corrected chi connectivity index (χ4v) is 5.26. The molecular formula is C26H31N3O2. The normalized spacial score (nSPS) is 19.0. The van der Waals surface area contributed by atoms with Crippen LogP contribution in [0, 0.1) is 6.92 Å². The minimum Gasteiger partial charge on any atom is -0.312 e. The molecule has 1 amide bonds. The predicted octanol–water partition coefficient (Wildman–Crippen LogP) is 3.22. The van der Waals surface area contributed by atoms with Crippen LogP contribution in [-0.4, -0.2) is 60.8 Å². The number of Topliss-reactive ketones (excluding diaryl/α,β-unsaturated/α-hetero) is 1. The highest BCUT2D eigenvalue weighted by molar-refractivity contribution is 6.02. The van der Waals surface area contributed by atoms with E-state index in [-0.39, 0.29) is 11.7 Å². The van der Waals surface area contributed by atoms with Gasteiger partial charge in [-0.25, -0.2) is 0 Å². The van der Waals surface area contributed by atoms with Crippen molar-refractivity contribution in [3.8, 4) is 0 Å². The number of carbonyl (C=O) groups is 2. The molecular weight excluding hydrogens is 386 g/mol. The summed E-state index contributed by atoms with van der Waals surface area (Å²) < 4.78 is 0. The Balaban J connectivity index is 1.14. The van der Waals surface area contributed by atoms with Crippen LogP contribution >= 0.6 is 0 Å². The molecule has 0 atom stereocenters. The van der Waals surface area contributed by atoms with Crippen molar-refractivity contribution in [2.24, 2.45) is 0 Å². The third-order valence-electron chi connectivity index (χ3n) is 6.98. The molecule has 0 unspecified atom stereocenters. The van der Waals surface area contributed by atoms with Crippen LogP contribution in [0.2, 0.25) is 0 Å². The molecule has 1 fully saturated rings. The molecule has 0 aliphatic carbocycles. The van der Waals surface area contributed by atoms with Crippen LogP contribution in [0.3, 0.4) is 0 Å². The molecule has 0 bridgehead atoms.